The number of rotatable bonds is 5. The van der Waals surface area contributed by atoms with E-state index in [0.29, 0.717) is 11.6 Å². The van der Waals surface area contributed by atoms with Crippen LogP contribution in [0.2, 0.25) is 0 Å². The Morgan fingerprint density at radius 3 is 2.38 bits per heavy atom. The molecule has 0 bridgehead atoms. The smallest absolute Gasteiger partial charge is 0.252 e. The predicted molar refractivity (Wildman–Crippen MR) is 76.1 cm³/mol. The summed E-state index contributed by atoms with van der Waals surface area (Å²) < 4.78 is 10.4. The molecule has 0 atom stereocenters. The lowest BCUT2D eigenvalue weighted by Gasteiger charge is -2.02. The third kappa shape index (κ3) is 2.89. The van der Waals surface area contributed by atoms with Crippen LogP contribution in [0.4, 0.5) is 5.82 Å². The first kappa shape index (κ1) is 12.9. The van der Waals surface area contributed by atoms with Crippen molar-refractivity contribution >= 4 is 17.3 Å². The van der Waals surface area contributed by atoms with Gasteiger partial charge in [-0.15, -0.1) is 0 Å². The van der Waals surface area contributed by atoms with E-state index in [-0.39, 0.29) is 17.3 Å². The molecule has 0 saturated heterocycles. The van der Waals surface area contributed by atoms with Crippen LogP contribution < -0.4 is 5.43 Å². The summed E-state index contributed by atoms with van der Waals surface area (Å²) in [6, 6.07) is 11.9. The molecule has 0 aliphatic carbocycles. The van der Waals surface area contributed by atoms with E-state index in [1.54, 1.807) is 42.6 Å². The Hall–Kier alpha value is -3.15. The number of hydrazone groups is 1. The van der Waals surface area contributed by atoms with E-state index in [4.69, 9.17) is 8.83 Å². The Balaban J connectivity index is 1.92. The summed E-state index contributed by atoms with van der Waals surface area (Å²) in [5.41, 5.74) is 2.84. The van der Waals surface area contributed by atoms with Crippen molar-refractivity contribution in [3.05, 3.63) is 72.7 Å². The van der Waals surface area contributed by atoms with Crippen molar-refractivity contribution in [2.45, 2.75) is 0 Å². The molecule has 0 radical (unpaired) electrons. The predicted octanol–water partition coefficient (Wildman–Crippen LogP) is 2.97. The van der Waals surface area contributed by atoms with Gasteiger partial charge in [0.05, 0.1) is 12.5 Å². The molecule has 0 unspecified atom stereocenters. The molecule has 0 saturated carbocycles. The van der Waals surface area contributed by atoms with Crippen molar-refractivity contribution in [2.75, 3.05) is 5.43 Å². The zero-order valence-electron chi connectivity index (χ0n) is 10.9. The number of hydrogen-bond acceptors (Lipinski definition) is 6. The minimum absolute atomic E-state index is 0.112. The molecular formula is C15H11N3O3. The molecule has 3 aromatic heterocycles. The van der Waals surface area contributed by atoms with Gasteiger partial charge in [0, 0.05) is 6.20 Å². The maximum absolute atomic E-state index is 12.4. The first-order valence-electron chi connectivity index (χ1n) is 6.21. The highest BCUT2D eigenvalue weighted by molar-refractivity contribution is 6.50. The van der Waals surface area contributed by atoms with Crippen molar-refractivity contribution < 1.29 is 13.6 Å². The van der Waals surface area contributed by atoms with Crippen LogP contribution in [0, 0.1) is 0 Å². The summed E-state index contributed by atoms with van der Waals surface area (Å²) in [6.07, 6.45) is 4.53. The van der Waals surface area contributed by atoms with E-state index >= 15 is 0 Å². The molecular weight excluding hydrogens is 270 g/mol. The third-order valence-electron chi connectivity index (χ3n) is 2.66. The lowest BCUT2D eigenvalue weighted by molar-refractivity contribution is 0.104. The van der Waals surface area contributed by atoms with E-state index in [1.807, 2.05) is 6.07 Å². The Morgan fingerprint density at radius 2 is 1.76 bits per heavy atom. The normalized spacial score (nSPS) is 11.3. The van der Waals surface area contributed by atoms with E-state index in [9.17, 15) is 4.79 Å². The maximum atomic E-state index is 12.4. The Labute approximate surface area is 120 Å². The minimum atomic E-state index is -0.376. The number of pyridine rings is 1. The van der Waals surface area contributed by atoms with Gasteiger partial charge >= 0.3 is 0 Å². The van der Waals surface area contributed by atoms with Crippen LogP contribution in [0.3, 0.4) is 0 Å². The highest BCUT2D eigenvalue weighted by Gasteiger charge is 2.21. The van der Waals surface area contributed by atoms with Crippen molar-refractivity contribution in [1.29, 1.82) is 0 Å². The van der Waals surface area contributed by atoms with Crippen LogP contribution >= 0.6 is 0 Å². The zero-order valence-corrected chi connectivity index (χ0v) is 10.9. The molecule has 3 rings (SSSR count). The highest BCUT2D eigenvalue weighted by Crippen LogP contribution is 2.11. The molecule has 0 spiro atoms. The van der Waals surface area contributed by atoms with Crippen LogP contribution in [0.5, 0.6) is 0 Å². The van der Waals surface area contributed by atoms with Crippen molar-refractivity contribution in [1.82, 2.24) is 4.98 Å². The molecule has 0 fully saturated rings. The van der Waals surface area contributed by atoms with Gasteiger partial charge in [0.15, 0.2) is 17.2 Å². The first-order valence-corrected chi connectivity index (χ1v) is 6.21. The highest BCUT2D eigenvalue weighted by atomic mass is 16.3. The number of anilines is 1. The number of nitrogens with one attached hydrogen (secondary N) is 1. The van der Waals surface area contributed by atoms with Crippen molar-refractivity contribution in [2.24, 2.45) is 5.10 Å². The Kier molecular flexibility index (Phi) is 3.60. The third-order valence-corrected chi connectivity index (χ3v) is 2.66. The van der Waals surface area contributed by atoms with Crippen molar-refractivity contribution in [3.63, 3.8) is 0 Å². The van der Waals surface area contributed by atoms with Crippen LogP contribution in [0.25, 0.3) is 0 Å². The molecule has 0 amide bonds. The topological polar surface area (TPSA) is 80.6 Å². The fraction of sp³-hybridized carbons (Fsp3) is 0. The van der Waals surface area contributed by atoms with E-state index < -0.39 is 0 Å². The molecule has 104 valence electrons. The SMILES string of the molecule is O=C(/C(=N/Nc1ccccn1)c1ccco1)c1ccco1. The maximum Gasteiger partial charge on any atom is 0.252 e. The van der Waals surface area contributed by atoms with Crippen LogP contribution in [-0.2, 0) is 0 Å². The molecule has 3 heterocycles. The van der Waals surface area contributed by atoms with Gasteiger partial charge in [0.1, 0.15) is 5.82 Å². The van der Waals surface area contributed by atoms with Crippen molar-refractivity contribution in [3.8, 4) is 0 Å². The first-order chi connectivity index (χ1) is 10.3. The molecule has 0 aliphatic heterocycles. The van der Waals surface area contributed by atoms with Crippen LogP contribution in [-0.4, -0.2) is 16.5 Å². The molecule has 3 aromatic rings. The quantitative estimate of drug-likeness (QED) is 0.442. The van der Waals surface area contributed by atoms with Crippen LogP contribution in [0.1, 0.15) is 16.3 Å². The number of carbonyl (C=O) groups excluding carboxylic acids is 1. The largest absolute Gasteiger partial charge is 0.462 e. The number of furan rings is 2. The second kappa shape index (κ2) is 5.87. The summed E-state index contributed by atoms with van der Waals surface area (Å²) in [6.45, 7) is 0. The second-order valence-corrected chi connectivity index (χ2v) is 4.07. The van der Waals surface area contributed by atoms with Gasteiger partial charge in [-0.25, -0.2) is 4.98 Å². The molecule has 6 nitrogen and oxygen atoms in total. The van der Waals surface area contributed by atoms with Gasteiger partial charge in [-0.3, -0.25) is 10.2 Å². The van der Waals surface area contributed by atoms with Gasteiger partial charge in [0.2, 0.25) is 0 Å². The number of ketones is 1. The summed E-state index contributed by atoms with van der Waals surface area (Å²) in [7, 11) is 0. The number of hydrogen-bond donors (Lipinski definition) is 1. The fourth-order valence-electron chi connectivity index (χ4n) is 1.70. The number of nitrogens with zero attached hydrogens (tertiary/aromatic N) is 2. The molecule has 1 N–H and O–H groups in total. The van der Waals surface area contributed by atoms with E-state index in [2.05, 4.69) is 15.5 Å². The van der Waals surface area contributed by atoms with Gasteiger partial charge < -0.3 is 8.83 Å². The summed E-state index contributed by atoms with van der Waals surface area (Å²) >= 11 is 0. The number of carbonyl (C=O) groups is 1. The van der Waals surface area contributed by atoms with E-state index in [1.165, 1.54) is 12.5 Å². The Bertz CT molecular complexity index is 732. The summed E-state index contributed by atoms with van der Waals surface area (Å²) in [5.74, 6) is 0.681. The van der Waals surface area contributed by atoms with Gasteiger partial charge in [0.25, 0.3) is 5.78 Å². The summed E-state index contributed by atoms with van der Waals surface area (Å²) in [5, 5.41) is 4.09. The minimum Gasteiger partial charge on any atom is -0.462 e. The number of aromatic nitrogens is 1. The molecule has 0 aliphatic rings. The fourth-order valence-corrected chi connectivity index (χ4v) is 1.70. The van der Waals surface area contributed by atoms with E-state index in [0.717, 1.165) is 0 Å². The lowest BCUT2D eigenvalue weighted by atomic mass is 10.1. The molecule has 21 heavy (non-hydrogen) atoms. The van der Waals surface area contributed by atoms with Gasteiger partial charge in [-0.2, -0.15) is 5.10 Å². The monoisotopic (exact) mass is 281 g/mol. The lowest BCUT2D eigenvalue weighted by Crippen LogP contribution is -2.16. The molecule has 0 aromatic carbocycles. The Morgan fingerprint density at radius 1 is 1.00 bits per heavy atom. The number of Topliss-reactive ketones (excluding diaryl/α,β-unsaturated/α-hetero) is 1. The summed E-state index contributed by atoms with van der Waals surface area (Å²) in [4.78, 5) is 16.5. The average molecular weight is 281 g/mol. The molecule has 6 heteroatoms. The van der Waals surface area contributed by atoms with Gasteiger partial charge in [-0.05, 0) is 36.4 Å². The average Bonchev–Trinajstić information content (AvgIpc) is 3.22. The van der Waals surface area contributed by atoms with Crippen LogP contribution in [0.15, 0.2) is 75.1 Å². The standard InChI is InChI=1S/C15H11N3O3/c19-15(12-6-4-10-21-12)14(11-5-3-9-20-11)18-17-13-7-1-2-8-16-13/h1-10H,(H,16,17)/b18-14+. The zero-order chi connectivity index (χ0) is 14.5. The van der Waals surface area contributed by atoms with Gasteiger partial charge in [-0.1, -0.05) is 6.07 Å². The second-order valence-electron chi connectivity index (χ2n) is 4.07.